The Morgan fingerprint density at radius 1 is 1.17 bits per heavy atom. The number of ether oxygens (including phenoxy) is 1. The Balaban J connectivity index is 2.22. The molecule has 1 heterocycles. The predicted octanol–water partition coefficient (Wildman–Crippen LogP) is 4.20. The molecule has 36 heavy (non-hydrogen) atoms. The van der Waals surface area contributed by atoms with Crippen LogP contribution in [0.1, 0.15) is 64.4 Å². The summed E-state index contributed by atoms with van der Waals surface area (Å²) in [6.45, 7) is 12.0. The average molecular weight is 497 g/mol. The normalized spacial score (nSPS) is 15.6. The fourth-order valence-corrected chi connectivity index (χ4v) is 4.56. The number of nitrogens with zero attached hydrogens (tertiary/aromatic N) is 1. The van der Waals surface area contributed by atoms with E-state index < -0.39 is 18.0 Å². The highest BCUT2D eigenvalue weighted by molar-refractivity contribution is 5.94. The van der Waals surface area contributed by atoms with Crippen LogP contribution in [0.5, 0.6) is 5.75 Å². The maximum absolute atomic E-state index is 13.6. The number of carbonyl (C=O) groups excluding carboxylic acids is 4. The molecule has 0 saturated carbocycles. The molecule has 7 heteroatoms. The third kappa shape index (κ3) is 8.47. The molecule has 3 atom stereocenters. The number of ketones is 2. The van der Waals surface area contributed by atoms with Gasteiger partial charge in [-0.25, -0.2) is 0 Å². The Morgan fingerprint density at radius 2 is 1.94 bits per heavy atom. The van der Waals surface area contributed by atoms with Crippen LogP contribution in [-0.2, 0) is 25.6 Å². The van der Waals surface area contributed by atoms with Crippen LogP contribution in [0, 0.1) is 5.92 Å². The van der Waals surface area contributed by atoms with Gasteiger partial charge in [0.15, 0.2) is 11.6 Å². The van der Waals surface area contributed by atoms with Gasteiger partial charge in [0.1, 0.15) is 12.4 Å². The summed E-state index contributed by atoms with van der Waals surface area (Å²) in [6, 6.07) is 6.19. The predicted molar refractivity (Wildman–Crippen MR) is 141 cm³/mol. The fraction of sp³-hybridized carbons (Fsp3) is 0.517. The van der Waals surface area contributed by atoms with Gasteiger partial charge in [0, 0.05) is 38.1 Å². The molecular formula is C29H40N2O5. The molecule has 1 saturated heterocycles. The number of nitrogens with one attached hydrogen (secondary N) is 1. The van der Waals surface area contributed by atoms with Crippen molar-refractivity contribution in [2.75, 3.05) is 13.2 Å². The molecule has 0 aliphatic carbocycles. The summed E-state index contributed by atoms with van der Waals surface area (Å²) in [5.74, 6) is -0.443. The lowest BCUT2D eigenvalue weighted by Crippen LogP contribution is -2.47. The van der Waals surface area contributed by atoms with Gasteiger partial charge in [-0.1, -0.05) is 51.1 Å². The van der Waals surface area contributed by atoms with Gasteiger partial charge in [0.05, 0.1) is 12.1 Å². The molecule has 196 valence electrons. The molecule has 0 spiro atoms. The van der Waals surface area contributed by atoms with Gasteiger partial charge in [0.25, 0.3) is 0 Å². The molecule has 1 aliphatic rings. The maximum Gasteiger partial charge on any atom is 0.224 e. The first-order valence-corrected chi connectivity index (χ1v) is 12.9. The summed E-state index contributed by atoms with van der Waals surface area (Å²) < 4.78 is 5.63. The number of rotatable bonds is 17. The molecule has 1 aliphatic heterocycles. The van der Waals surface area contributed by atoms with Crippen molar-refractivity contribution in [2.45, 2.75) is 77.3 Å². The van der Waals surface area contributed by atoms with Gasteiger partial charge in [0.2, 0.25) is 11.8 Å². The van der Waals surface area contributed by atoms with Crippen LogP contribution in [0.15, 0.2) is 49.6 Å². The van der Waals surface area contributed by atoms with Crippen LogP contribution < -0.4 is 10.1 Å². The molecule has 1 N–H and O–H groups in total. The van der Waals surface area contributed by atoms with Gasteiger partial charge < -0.3 is 15.0 Å². The van der Waals surface area contributed by atoms with Crippen molar-refractivity contribution < 1.29 is 23.9 Å². The van der Waals surface area contributed by atoms with Gasteiger partial charge in [-0.15, -0.1) is 6.58 Å². The summed E-state index contributed by atoms with van der Waals surface area (Å²) in [5.41, 5.74) is 0.880. The highest BCUT2D eigenvalue weighted by atomic mass is 16.5. The third-order valence-corrected chi connectivity index (χ3v) is 6.46. The average Bonchev–Trinajstić information content (AvgIpc) is 3.30. The number of hydrogen-bond acceptors (Lipinski definition) is 5. The second-order valence-corrected chi connectivity index (χ2v) is 9.22. The minimum Gasteiger partial charge on any atom is -0.490 e. The van der Waals surface area contributed by atoms with Gasteiger partial charge in [-0.05, 0) is 37.0 Å². The van der Waals surface area contributed by atoms with Crippen LogP contribution in [-0.4, -0.2) is 53.5 Å². The summed E-state index contributed by atoms with van der Waals surface area (Å²) in [4.78, 5) is 53.3. The number of likely N-dealkylation sites (tertiary alicyclic amines) is 1. The van der Waals surface area contributed by atoms with E-state index in [-0.39, 0.29) is 29.8 Å². The number of hydrogen-bond donors (Lipinski definition) is 1. The van der Waals surface area contributed by atoms with Crippen molar-refractivity contribution in [3.8, 4) is 5.75 Å². The van der Waals surface area contributed by atoms with Crippen molar-refractivity contribution in [3.05, 3.63) is 55.1 Å². The van der Waals surface area contributed by atoms with E-state index in [1.54, 1.807) is 24.0 Å². The minimum atomic E-state index is -0.650. The first kappa shape index (κ1) is 29.0. The standard InChI is InChI=1S/C29H40N2O5/c1-5-11-22(29(35)30-24(12-6-2)26(32)8-4)20-27(33)25(31-16-10-15-28(31)34)19-21-13-9-14-23(18-21)36-17-7-3/h6-7,9,13-14,18,22,24-25H,2-3,5,8,10-12,15-17,19-20H2,1,4H3,(H,30,35)/t22-,24+,25+/m1/s1. The second-order valence-electron chi connectivity index (χ2n) is 9.22. The van der Waals surface area contributed by atoms with Crippen molar-refractivity contribution in [3.63, 3.8) is 0 Å². The van der Waals surface area contributed by atoms with Crippen molar-refractivity contribution in [1.29, 1.82) is 0 Å². The Labute approximate surface area is 215 Å². The van der Waals surface area contributed by atoms with Crippen LogP contribution in [0.3, 0.4) is 0 Å². The third-order valence-electron chi connectivity index (χ3n) is 6.46. The summed E-state index contributed by atoms with van der Waals surface area (Å²) in [6.07, 6.45) is 6.67. The van der Waals surface area contributed by atoms with Crippen molar-refractivity contribution in [1.82, 2.24) is 10.2 Å². The Kier molecular flexibility index (Phi) is 12.1. The molecule has 1 aromatic carbocycles. The molecule has 2 rings (SSSR count). The first-order valence-electron chi connectivity index (χ1n) is 12.9. The van der Waals surface area contributed by atoms with E-state index in [0.717, 1.165) is 12.0 Å². The monoisotopic (exact) mass is 496 g/mol. The lowest BCUT2D eigenvalue weighted by molar-refractivity contribution is -0.138. The van der Waals surface area contributed by atoms with E-state index in [0.29, 0.717) is 57.4 Å². The maximum atomic E-state index is 13.6. The highest BCUT2D eigenvalue weighted by Crippen LogP contribution is 2.24. The number of Topliss-reactive ketones (excluding diaryl/α,β-unsaturated/α-hetero) is 2. The van der Waals surface area contributed by atoms with Crippen molar-refractivity contribution in [2.24, 2.45) is 5.92 Å². The van der Waals surface area contributed by atoms with Crippen LogP contribution in [0.4, 0.5) is 0 Å². The van der Waals surface area contributed by atoms with Crippen LogP contribution in [0.2, 0.25) is 0 Å². The Morgan fingerprint density at radius 3 is 2.56 bits per heavy atom. The van der Waals surface area contributed by atoms with Gasteiger partial charge >= 0.3 is 0 Å². The lowest BCUT2D eigenvalue weighted by Gasteiger charge is -2.29. The molecule has 7 nitrogen and oxygen atoms in total. The summed E-state index contributed by atoms with van der Waals surface area (Å²) >= 11 is 0. The molecule has 0 radical (unpaired) electrons. The Bertz CT molecular complexity index is 941. The van der Waals surface area contributed by atoms with Gasteiger partial charge in [-0.3, -0.25) is 19.2 Å². The molecular weight excluding hydrogens is 456 g/mol. The fourth-order valence-electron chi connectivity index (χ4n) is 4.56. The number of carbonyl (C=O) groups is 4. The minimum absolute atomic E-state index is 0.0158. The van der Waals surface area contributed by atoms with E-state index in [1.807, 2.05) is 31.2 Å². The molecule has 0 aromatic heterocycles. The highest BCUT2D eigenvalue weighted by Gasteiger charge is 2.35. The quantitative estimate of drug-likeness (QED) is 0.326. The molecule has 2 amide bonds. The second kappa shape index (κ2) is 15.0. The van der Waals surface area contributed by atoms with E-state index >= 15 is 0 Å². The number of amides is 2. The van der Waals surface area contributed by atoms with Crippen molar-refractivity contribution >= 4 is 23.4 Å². The zero-order valence-electron chi connectivity index (χ0n) is 21.7. The number of benzene rings is 1. The summed E-state index contributed by atoms with van der Waals surface area (Å²) in [7, 11) is 0. The zero-order valence-corrected chi connectivity index (χ0v) is 21.7. The smallest absolute Gasteiger partial charge is 0.224 e. The van der Waals surface area contributed by atoms with Gasteiger partial charge in [-0.2, -0.15) is 0 Å². The molecule has 0 bridgehead atoms. The topological polar surface area (TPSA) is 92.8 Å². The van der Waals surface area contributed by atoms with E-state index in [4.69, 9.17) is 4.74 Å². The van der Waals surface area contributed by atoms with Crippen LogP contribution >= 0.6 is 0 Å². The largest absolute Gasteiger partial charge is 0.490 e. The zero-order chi connectivity index (χ0) is 26.5. The summed E-state index contributed by atoms with van der Waals surface area (Å²) in [5, 5.41) is 2.84. The Hall–Kier alpha value is -3.22. The van der Waals surface area contributed by atoms with E-state index in [1.165, 1.54) is 0 Å². The lowest BCUT2D eigenvalue weighted by atomic mass is 9.90. The SMILES string of the molecule is C=CCOc1cccc(C[C@@H](C(=O)C[C@@H](CCC)C(=O)N[C@@H](CC=C)C(=O)CC)N2CCCC2=O)c1. The van der Waals surface area contributed by atoms with E-state index in [2.05, 4.69) is 18.5 Å². The molecule has 1 aromatic rings. The van der Waals surface area contributed by atoms with Crippen LogP contribution in [0.25, 0.3) is 0 Å². The molecule has 0 unspecified atom stereocenters. The van der Waals surface area contributed by atoms with E-state index in [9.17, 15) is 19.2 Å². The molecule has 1 fully saturated rings. The first-order chi connectivity index (χ1) is 17.3.